The second-order valence-corrected chi connectivity index (χ2v) is 5.35. The van der Waals surface area contributed by atoms with Crippen LogP contribution in [-0.2, 0) is 4.74 Å². The first-order chi connectivity index (χ1) is 10.7. The van der Waals surface area contributed by atoms with Crippen molar-refractivity contribution in [1.29, 1.82) is 0 Å². The lowest BCUT2D eigenvalue weighted by atomic mass is 10.2. The number of carbonyl (C=O) groups excluding carboxylic acids is 1. The minimum absolute atomic E-state index is 0.205. The number of halogens is 1. The summed E-state index contributed by atoms with van der Waals surface area (Å²) in [7, 11) is 0. The van der Waals surface area contributed by atoms with Crippen LogP contribution in [0.4, 0.5) is 11.4 Å². The zero-order valence-corrected chi connectivity index (χ0v) is 12.7. The predicted octanol–water partition coefficient (Wildman–Crippen LogP) is 2.82. The molecule has 0 unspecified atom stereocenters. The van der Waals surface area contributed by atoms with Crippen molar-refractivity contribution < 1.29 is 9.53 Å². The number of aromatic nitrogens is 1. The molecule has 1 fully saturated rings. The van der Waals surface area contributed by atoms with E-state index in [9.17, 15) is 4.79 Å². The van der Waals surface area contributed by atoms with Gasteiger partial charge < -0.3 is 15.0 Å². The Labute approximate surface area is 133 Å². The first-order valence-electron chi connectivity index (χ1n) is 7.08. The first kappa shape index (κ1) is 14.8. The first-order valence-corrected chi connectivity index (χ1v) is 7.46. The molecule has 1 aromatic carbocycles. The van der Waals surface area contributed by atoms with E-state index in [4.69, 9.17) is 16.3 Å². The van der Waals surface area contributed by atoms with E-state index in [0.29, 0.717) is 10.7 Å². The van der Waals surface area contributed by atoms with Gasteiger partial charge in [0.15, 0.2) is 0 Å². The molecule has 2 aromatic rings. The number of amides is 1. The van der Waals surface area contributed by atoms with Crippen LogP contribution in [0.5, 0.6) is 0 Å². The van der Waals surface area contributed by atoms with Crippen molar-refractivity contribution in [1.82, 2.24) is 4.98 Å². The number of benzene rings is 1. The summed E-state index contributed by atoms with van der Waals surface area (Å²) < 4.78 is 5.34. The summed E-state index contributed by atoms with van der Waals surface area (Å²) in [6.45, 7) is 3.28. The molecule has 1 aromatic heterocycles. The number of nitrogens with one attached hydrogen (secondary N) is 1. The van der Waals surface area contributed by atoms with Crippen LogP contribution < -0.4 is 10.2 Å². The summed E-state index contributed by atoms with van der Waals surface area (Å²) in [4.78, 5) is 18.3. The minimum Gasteiger partial charge on any atom is -0.378 e. The van der Waals surface area contributed by atoms with Crippen LogP contribution >= 0.6 is 11.6 Å². The van der Waals surface area contributed by atoms with Gasteiger partial charge in [-0.2, -0.15) is 0 Å². The third-order valence-electron chi connectivity index (χ3n) is 3.49. The fourth-order valence-electron chi connectivity index (χ4n) is 2.32. The van der Waals surface area contributed by atoms with Gasteiger partial charge in [-0.3, -0.25) is 4.79 Å². The lowest BCUT2D eigenvalue weighted by Gasteiger charge is -2.28. The van der Waals surface area contributed by atoms with E-state index >= 15 is 0 Å². The molecule has 1 N–H and O–H groups in total. The Balaban J connectivity index is 1.66. The Kier molecular flexibility index (Phi) is 4.56. The molecule has 5 nitrogen and oxygen atoms in total. The smallest absolute Gasteiger partial charge is 0.255 e. The molecular formula is C16H16ClN3O2. The van der Waals surface area contributed by atoms with E-state index in [-0.39, 0.29) is 5.91 Å². The Bertz CT molecular complexity index is 655. The van der Waals surface area contributed by atoms with E-state index in [2.05, 4.69) is 15.2 Å². The van der Waals surface area contributed by atoms with Crippen LogP contribution in [-0.4, -0.2) is 37.2 Å². The largest absolute Gasteiger partial charge is 0.378 e. The van der Waals surface area contributed by atoms with E-state index in [1.165, 1.54) is 6.20 Å². The van der Waals surface area contributed by atoms with Gasteiger partial charge in [-0.25, -0.2) is 4.98 Å². The maximum absolute atomic E-state index is 12.1. The fraction of sp³-hybridized carbons (Fsp3) is 0.250. The highest BCUT2D eigenvalue weighted by Gasteiger charge is 2.11. The van der Waals surface area contributed by atoms with Gasteiger partial charge in [-0.1, -0.05) is 11.6 Å². The molecule has 0 radical (unpaired) electrons. The molecule has 2 heterocycles. The molecule has 0 atom stereocenters. The van der Waals surface area contributed by atoms with Crippen molar-refractivity contribution in [2.45, 2.75) is 0 Å². The topological polar surface area (TPSA) is 54.5 Å². The summed E-state index contributed by atoms with van der Waals surface area (Å²) in [6.07, 6.45) is 1.51. The molecule has 6 heteroatoms. The lowest BCUT2D eigenvalue weighted by Crippen LogP contribution is -2.36. The zero-order valence-electron chi connectivity index (χ0n) is 12.0. The molecule has 3 rings (SSSR count). The Morgan fingerprint density at radius 3 is 2.59 bits per heavy atom. The number of pyridine rings is 1. The van der Waals surface area contributed by atoms with Crippen molar-refractivity contribution in [3.63, 3.8) is 0 Å². The van der Waals surface area contributed by atoms with Crippen LogP contribution in [0.15, 0.2) is 42.6 Å². The fourth-order valence-corrected chi connectivity index (χ4v) is 2.50. The number of ether oxygens (including phenoxy) is 1. The van der Waals surface area contributed by atoms with Crippen molar-refractivity contribution in [2.24, 2.45) is 0 Å². The Morgan fingerprint density at radius 1 is 1.18 bits per heavy atom. The lowest BCUT2D eigenvalue weighted by molar-refractivity contribution is 0.102. The predicted molar refractivity (Wildman–Crippen MR) is 86.7 cm³/mol. The van der Waals surface area contributed by atoms with Gasteiger partial charge in [0.1, 0.15) is 5.15 Å². The maximum Gasteiger partial charge on any atom is 0.255 e. The highest BCUT2D eigenvalue weighted by Crippen LogP contribution is 2.19. The van der Waals surface area contributed by atoms with Crippen LogP contribution in [0.25, 0.3) is 0 Å². The van der Waals surface area contributed by atoms with E-state index in [1.807, 2.05) is 24.3 Å². The molecule has 22 heavy (non-hydrogen) atoms. The summed E-state index contributed by atoms with van der Waals surface area (Å²) in [5.74, 6) is -0.205. The van der Waals surface area contributed by atoms with E-state index < -0.39 is 0 Å². The second kappa shape index (κ2) is 6.77. The third-order valence-corrected chi connectivity index (χ3v) is 3.70. The molecule has 0 bridgehead atoms. The Hall–Kier alpha value is -2.11. The standard InChI is InChI=1S/C16H16ClN3O2/c17-15-11-12(5-6-18-15)16(21)19-13-1-3-14(4-2-13)20-7-9-22-10-8-20/h1-6,11H,7-10H2,(H,19,21). The Morgan fingerprint density at radius 2 is 1.91 bits per heavy atom. The number of morpholine rings is 1. The van der Waals surface area contributed by atoms with Crippen molar-refractivity contribution in [2.75, 3.05) is 36.5 Å². The number of rotatable bonds is 3. The summed E-state index contributed by atoms with van der Waals surface area (Å²) in [6, 6.07) is 11.0. The van der Waals surface area contributed by atoms with Gasteiger partial charge in [0, 0.05) is 36.2 Å². The molecule has 0 saturated carbocycles. The van der Waals surface area contributed by atoms with Gasteiger partial charge in [0.25, 0.3) is 5.91 Å². The molecular weight excluding hydrogens is 302 g/mol. The zero-order chi connectivity index (χ0) is 15.4. The maximum atomic E-state index is 12.1. The van der Waals surface area contributed by atoms with Gasteiger partial charge >= 0.3 is 0 Å². The minimum atomic E-state index is -0.205. The number of carbonyl (C=O) groups is 1. The summed E-state index contributed by atoms with van der Waals surface area (Å²) in [5, 5.41) is 3.15. The monoisotopic (exact) mass is 317 g/mol. The van der Waals surface area contributed by atoms with Crippen molar-refractivity contribution in [3.05, 3.63) is 53.3 Å². The molecule has 1 aliphatic heterocycles. The van der Waals surface area contributed by atoms with Crippen LogP contribution in [0.3, 0.4) is 0 Å². The van der Waals surface area contributed by atoms with Gasteiger partial charge in [0.05, 0.1) is 13.2 Å². The molecule has 0 spiro atoms. The van der Waals surface area contributed by atoms with Crippen molar-refractivity contribution >= 4 is 28.9 Å². The number of anilines is 2. The average Bonchev–Trinajstić information content (AvgIpc) is 2.56. The second-order valence-electron chi connectivity index (χ2n) is 4.97. The number of nitrogens with zero attached hydrogens (tertiary/aromatic N) is 2. The summed E-state index contributed by atoms with van der Waals surface area (Å²) in [5.41, 5.74) is 2.36. The SMILES string of the molecule is O=C(Nc1ccc(N2CCOCC2)cc1)c1ccnc(Cl)c1. The molecule has 1 saturated heterocycles. The summed E-state index contributed by atoms with van der Waals surface area (Å²) >= 11 is 5.79. The van der Waals surface area contributed by atoms with E-state index in [1.54, 1.807) is 12.1 Å². The molecule has 1 aliphatic rings. The normalized spacial score (nSPS) is 14.7. The molecule has 0 aliphatic carbocycles. The van der Waals surface area contributed by atoms with Crippen LogP contribution in [0, 0.1) is 0 Å². The van der Waals surface area contributed by atoms with Crippen LogP contribution in [0.1, 0.15) is 10.4 Å². The van der Waals surface area contributed by atoms with Crippen molar-refractivity contribution in [3.8, 4) is 0 Å². The number of hydrogen-bond acceptors (Lipinski definition) is 4. The highest BCUT2D eigenvalue weighted by atomic mass is 35.5. The van der Waals surface area contributed by atoms with Gasteiger partial charge in [0.2, 0.25) is 0 Å². The van der Waals surface area contributed by atoms with Gasteiger partial charge in [-0.15, -0.1) is 0 Å². The molecule has 1 amide bonds. The van der Waals surface area contributed by atoms with Gasteiger partial charge in [-0.05, 0) is 36.4 Å². The quantitative estimate of drug-likeness (QED) is 0.884. The number of hydrogen-bond donors (Lipinski definition) is 1. The van der Waals surface area contributed by atoms with E-state index in [0.717, 1.165) is 37.7 Å². The van der Waals surface area contributed by atoms with Crippen LogP contribution in [0.2, 0.25) is 5.15 Å². The third kappa shape index (κ3) is 3.55. The molecule has 114 valence electrons. The highest BCUT2D eigenvalue weighted by molar-refractivity contribution is 6.29. The average molecular weight is 318 g/mol.